The summed E-state index contributed by atoms with van der Waals surface area (Å²) < 4.78 is 0. The van der Waals surface area contributed by atoms with Crippen molar-refractivity contribution >= 4 is 11.8 Å². The van der Waals surface area contributed by atoms with Crippen LogP contribution in [0.3, 0.4) is 0 Å². The largest absolute Gasteiger partial charge is 0.355 e. The van der Waals surface area contributed by atoms with Gasteiger partial charge in [-0.15, -0.1) is 0 Å². The van der Waals surface area contributed by atoms with Gasteiger partial charge in [0.15, 0.2) is 0 Å². The summed E-state index contributed by atoms with van der Waals surface area (Å²) in [5.41, 5.74) is 1.60. The third-order valence-corrected chi connectivity index (χ3v) is 5.15. The normalized spacial score (nSPS) is 26.7. The van der Waals surface area contributed by atoms with Gasteiger partial charge in [0.1, 0.15) is 0 Å². The van der Waals surface area contributed by atoms with E-state index in [-0.39, 0.29) is 17.9 Å². The van der Waals surface area contributed by atoms with Gasteiger partial charge in [-0.25, -0.2) is 0 Å². The molecule has 124 valence electrons. The predicted molar refractivity (Wildman–Crippen MR) is 90.1 cm³/mol. The second kappa shape index (κ2) is 5.99. The van der Waals surface area contributed by atoms with Crippen LogP contribution in [-0.4, -0.2) is 35.8 Å². The van der Waals surface area contributed by atoms with Crippen molar-refractivity contribution in [1.82, 2.24) is 10.2 Å². The molecule has 2 aliphatic rings. The summed E-state index contributed by atoms with van der Waals surface area (Å²) in [6.45, 7) is 7.42. The maximum atomic E-state index is 13.1. The van der Waals surface area contributed by atoms with Crippen LogP contribution in [-0.2, 0) is 15.0 Å². The molecule has 23 heavy (non-hydrogen) atoms. The summed E-state index contributed by atoms with van der Waals surface area (Å²) in [7, 11) is 0. The van der Waals surface area contributed by atoms with Crippen LogP contribution < -0.4 is 5.32 Å². The quantitative estimate of drug-likeness (QED) is 0.928. The molecule has 0 aromatic heterocycles. The second-order valence-electron chi connectivity index (χ2n) is 7.47. The van der Waals surface area contributed by atoms with Gasteiger partial charge < -0.3 is 10.2 Å². The number of nitrogens with one attached hydrogen (secondary N) is 1. The van der Waals surface area contributed by atoms with Gasteiger partial charge in [0.2, 0.25) is 11.8 Å². The number of carbonyl (C=O) groups excluding carboxylic acids is 2. The molecule has 1 N–H and O–H groups in total. The van der Waals surface area contributed by atoms with Crippen LogP contribution in [0.2, 0.25) is 0 Å². The number of carbonyl (C=O) groups is 2. The maximum Gasteiger partial charge on any atom is 0.232 e. The summed E-state index contributed by atoms with van der Waals surface area (Å²) in [5, 5.41) is 3.11. The fourth-order valence-corrected chi connectivity index (χ4v) is 3.89. The number of rotatable bonds is 4. The molecule has 2 fully saturated rings. The van der Waals surface area contributed by atoms with Gasteiger partial charge >= 0.3 is 0 Å². The first-order chi connectivity index (χ1) is 10.9. The molecule has 4 heteroatoms. The highest BCUT2D eigenvalue weighted by Crippen LogP contribution is 2.43. The van der Waals surface area contributed by atoms with Gasteiger partial charge in [-0.05, 0) is 31.2 Å². The SMILES string of the molecule is Cc1cccc([C@]2(C(=O)NCC(C)C)C[C@@H]3CCC(=O)N3C2)c1. The molecule has 2 heterocycles. The van der Waals surface area contributed by atoms with E-state index in [4.69, 9.17) is 0 Å². The monoisotopic (exact) mass is 314 g/mol. The van der Waals surface area contributed by atoms with Crippen molar-refractivity contribution in [3.63, 3.8) is 0 Å². The van der Waals surface area contributed by atoms with Gasteiger partial charge in [-0.2, -0.15) is 0 Å². The molecule has 2 aliphatic heterocycles. The molecule has 1 aromatic carbocycles. The molecule has 0 aliphatic carbocycles. The van der Waals surface area contributed by atoms with Gasteiger partial charge in [-0.3, -0.25) is 9.59 Å². The third-order valence-electron chi connectivity index (χ3n) is 5.15. The first kappa shape index (κ1) is 16.0. The Morgan fingerprint density at radius 2 is 2.22 bits per heavy atom. The number of hydrogen-bond donors (Lipinski definition) is 1. The molecule has 3 rings (SSSR count). The average Bonchev–Trinajstić information content (AvgIpc) is 3.05. The highest BCUT2D eigenvalue weighted by Gasteiger charge is 2.53. The first-order valence-electron chi connectivity index (χ1n) is 8.57. The van der Waals surface area contributed by atoms with E-state index in [1.54, 1.807) is 0 Å². The van der Waals surface area contributed by atoms with Crippen LogP contribution in [0.15, 0.2) is 24.3 Å². The Morgan fingerprint density at radius 1 is 1.43 bits per heavy atom. The second-order valence-corrected chi connectivity index (χ2v) is 7.47. The van der Waals surface area contributed by atoms with Crippen molar-refractivity contribution in [2.24, 2.45) is 5.92 Å². The lowest BCUT2D eigenvalue weighted by Crippen LogP contribution is -2.48. The minimum absolute atomic E-state index is 0.0685. The lowest BCUT2D eigenvalue weighted by Gasteiger charge is -2.29. The van der Waals surface area contributed by atoms with E-state index >= 15 is 0 Å². The van der Waals surface area contributed by atoms with E-state index in [1.807, 2.05) is 30.0 Å². The van der Waals surface area contributed by atoms with Crippen LogP contribution in [0.1, 0.15) is 44.2 Å². The molecule has 0 saturated carbocycles. The summed E-state index contributed by atoms with van der Waals surface area (Å²) in [4.78, 5) is 27.1. The van der Waals surface area contributed by atoms with Crippen molar-refractivity contribution in [1.29, 1.82) is 0 Å². The molecule has 0 spiro atoms. The van der Waals surface area contributed by atoms with Gasteiger partial charge in [0, 0.05) is 25.6 Å². The molecule has 4 nitrogen and oxygen atoms in total. The molecule has 2 amide bonds. The lowest BCUT2D eigenvalue weighted by atomic mass is 9.76. The fourth-order valence-electron chi connectivity index (χ4n) is 3.89. The fraction of sp³-hybridized carbons (Fsp3) is 0.579. The topological polar surface area (TPSA) is 49.4 Å². The van der Waals surface area contributed by atoms with E-state index in [2.05, 4.69) is 25.2 Å². The minimum atomic E-state index is -0.596. The molecule has 2 atom stereocenters. The number of hydrogen-bond acceptors (Lipinski definition) is 2. The van der Waals surface area contributed by atoms with Crippen molar-refractivity contribution in [2.45, 2.75) is 51.5 Å². The predicted octanol–water partition coefficient (Wildman–Crippen LogP) is 2.40. The standard InChI is InChI=1S/C19H26N2O2/c1-13(2)11-20-18(23)19(15-6-4-5-14(3)9-15)10-16-7-8-17(22)21(16)12-19/h4-6,9,13,16H,7-8,10-12H2,1-3H3,(H,20,23)/t16-,19-/m0/s1. The zero-order valence-corrected chi connectivity index (χ0v) is 14.3. The lowest BCUT2D eigenvalue weighted by molar-refractivity contribution is -0.129. The number of amides is 2. The zero-order valence-electron chi connectivity index (χ0n) is 14.3. The van der Waals surface area contributed by atoms with Crippen molar-refractivity contribution in [2.75, 3.05) is 13.1 Å². The molecule has 2 saturated heterocycles. The highest BCUT2D eigenvalue weighted by molar-refractivity contribution is 5.91. The van der Waals surface area contributed by atoms with Gasteiger partial charge in [0.05, 0.1) is 5.41 Å². The minimum Gasteiger partial charge on any atom is -0.355 e. The van der Waals surface area contributed by atoms with E-state index in [0.29, 0.717) is 25.4 Å². The van der Waals surface area contributed by atoms with E-state index < -0.39 is 5.41 Å². The first-order valence-corrected chi connectivity index (χ1v) is 8.57. The van der Waals surface area contributed by atoms with E-state index in [9.17, 15) is 9.59 Å². The molecule has 0 unspecified atom stereocenters. The molecule has 0 bridgehead atoms. The van der Waals surface area contributed by atoms with Crippen LogP contribution in [0, 0.1) is 12.8 Å². The summed E-state index contributed by atoms with van der Waals surface area (Å²) in [6, 6.07) is 8.40. The van der Waals surface area contributed by atoms with Crippen molar-refractivity contribution < 1.29 is 9.59 Å². The van der Waals surface area contributed by atoms with Crippen LogP contribution >= 0.6 is 0 Å². The maximum absolute atomic E-state index is 13.1. The Morgan fingerprint density at radius 3 is 2.87 bits per heavy atom. The third kappa shape index (κ3) is 2.87. The van der Waals surface area contributed by atoms with Crippen LogP contribution in [0.5, 0.6) is 0 Å². The van der Waals surface area contributed by atoms with E-state index in [0.717, 1.165) is 24.0 Å². The number of fused-ring (bicyclic) bond motifs is 1. The van der Waals surface area contributed by atoms with Gasteiger partial charge in [0.25, 0.3) is 0 Å². The summed E-state index contributed by atoms with van der Waals surface area (Å²) in [6.07, 6.45) is 2.25. The van der Waals surface area contributed by atoms with Crippen LogP contribution in [0.25, 0.3) is 0 Å². The van der Waals surface area contributed by atoms with E-state index in [1.165, 1.54) is 0 Å². The molecule has 0 radical (unpaired) electrons. The Bertz CT molecular complexity index is 626. The zero-order chi connectivity index (χ0) is 16.6. The summed E-state index contributed by atoms with van der Waals surface area (Å²) >= 11 is 0. The van der Waals surface area contributed by atoms with Crippen molar-refractivity contribution in [3.8, 4) is 0 Å². The molecule has 1 aromatic rings. The summed E-state index contributed by atoms with van der Waals surface area (Å²) in [5.74, 6) is 0.677. The molecular weight excluding hydrogens is 288 g/mol. The Labute approximate surface area is 138 Å². The highest BCUT2D eigenvalue weighted by atomic mass is 16.2. The van der Waals surface area contributed by atoms with Crippen LogP contribution in [0.4, 0.5) is 0 Å². The number of benzene rings is 1. The molecular formula is C19H26N2O2. The Balaban J connectivity index is 1.94. The van der Waals surface area contributed by atoms with Gasteiger partial charge in [-0.1, -0.05) is 43.7 Å². The average molecular weight is 314 g/mol. The number of aryl methyl sites for hydroxylation is 1. The Kier molecular flexibility index (Phi) is 4.17. The number of nitrogens with zero attached hydrogens (tertiary/aromatic N) is 1. The van der Waals surface area contributed by atoms with Crippen molar-refractivity contribution in [3.05, 3.63) is 35.4 Å². The smallest absolute Gasteiger partial charge is 0.232 e. The Hall–Kier alpha value is -1.84.